The molecule has 3 aromatic rings. The van der Waals surface area contributed by atoms with Crippen molar-refractivity contribution in [1.29, 1.82) is 0 Å². The molecule has 0 aromatic heterocycles. The molecule has 36 heavy (non-hydrogen) atoms. The van der Waals surface area contributed by atoms with E-state index in [-0.39, 0.29) is 0 Å². The molecule has 0 heterocycles. The fourth-order valence-electron chi connectivity index (χ4n) is 2.70. The van der Waals surface area contributed by atoms with Gasteiger partial charge in [-0.2, -0.15) is 0 Å². The van der Waals surface area contributed by atoms with Gasteiger partial charge in [-0.25, -0.2) is 0 Å². The van der Waals surface area contributed by atoms with Gasteiger partial charge in [0.15, 0.2) is 0 Å². The third kappa shape index (κ3) is 24.6. The summed E-state index contributed by atoms with van der Waals surface area (Å²) in [6, 6.07) is 31.0. The van der Waals surface area contributed by atoms with Gasteiger partial charge in [-0.3, -0.25) is 0 Å². The van der Waals surface area contributed by atoms with Crippen LogP contribution in [0.2, 0.25) is 0 Å². The average Bonchev–Trinajstić information content (AvgIpc) is 2.93. The minimum atomic E-state index is 0.593. The van der Waals surface area contributed by atoms with Crippen molar-refractivity contribution in [3.63, 3.8) is 0 Å². The highest BCUT2D eigenvalue weighted by atomic mass is 16.5. The SMILES string of the molecule is CC.CC.CC.CC(C)COc1ccccc1.CC(C)Cc1ccccc1.CC(C)c1ccccc1. The Morgan fingerprint density at radius 1 is 0.500 bits per heavy atom. The lowest BCUT2D eigenvalue weighted by Crippen LogP contribution is -2.03. The fraction of sp³-hybridized carbons (Fsp3) is 0.486. The molecule has 0 radical (unpaired) electrons. The fourth-order valence-corrected chi connectivity index (χ4v) is 2.70. The van der Waals surface area contributed by atoms with Gasteiger partial charge < -0.3 is 4.74 Å². The van der Waals surface area contributed by atoms with Gasteiger partial charge in [-0.05, 0) is 47.4 Å². The van der Waals surface area contributed by atoms with Gasteiger partial charge in [0.25, 0.3) is 0 Å². The van der Waals surface area contributed by atoms with E-state index in [4.69, 9.17) is 4.74 Å². The second-order valence-electron chi connectivity index (χ2n) is 8.67. The first-order chi connectivity index (χ1) is 17.4. The van der Waals surface area contributed by atoms with Crippen LogP contribution in [0.1, 0.15) is 100 Å². The number of rotatable bonds is 6. The Morgan fingerprint density at radius 2 is 0.889 bits per heavy atom. The van der Waals surface area contributed by atoms with Gasteiger partial charge in [0.2, 0.25) is 0 Å². The first-order valence-electron chi connectivity index (χ1n) is 14.1. The van der Waals surface area contributed by atoms with E-state index in [0.29, 0.717) is 11.8 Å². The summed E-state index contributed by atoms with van der Waals surface area (Å²) in [7, 11) is 0. The molecule has 0 amide bonds. The van der Waals surface area contributed by atoms with E-state index in [0.717, 1.165) is 18.3 Å². The second kappa shape index (κ2) is 28.7. The zero-order valence-electron chi connectivity index (χ0n) is 25.7. The molecule has 0 saturated carbocycles. The Labute approximate surface area is 226 Å². The molecule has 0 aliphatic rings. The maximum absolute atomic E-state index is 5.47. The van der Waals surface area contributed by atoms with Gasteiger partial charge in [0.1, 0.15) is 5.75 Å². The van der Waals surface area contributed by atoms with Crippen LogP contribution in [0.5, 0.6) is 5.75 Å². The molecule has 0 atom stereocenters. The Balaban J connectivity index is -0.000000411. The highest BCUT2D eigenvalue weighted by Gasteiger charge is 1.95. The third-order valence-electron chi connectivity index (χ3n) is 4.28. The molecule has 0 N–H and O–H groups in total. The largest absolute Gasteiger partial charge is 0.493 e. The molecule has 0 bridgehead atoms. The summed E-state index contributed by atoms with van der Waals surface area (Å²) < 4.78 is 5.47. The summed E-state index contributed by atoms with van der Waals surface area (Å²) in [6.45, 7) is 26.0. The highest BCUT2D eigenvalue weighted by Crippen LogP contribution is 2.12. The Hall–Kier alpha value is -2.54. The van der Waals surface area contributed by atoms with Crippen LogP contribution in [-0.4, -0.2) is 6.61 Å². The van der Waals surface area contributed by atoms with Crippen LogP contribution in [0, 0.1) is 11.8 Å². The van der Waals surface area contributed by atoms with Crippen molar-refractivity contribution in [2.75, 3.05) is 6.61 Å². The molecule has 0 aliphatic heterocycles. The number of ether oxygens (including phenoxy) is 1. The van der Waals surface area contributed by atoms with E-state index in [1.807, 2.05) is 77.9 Å². The van der Waals surface area contributed by atoms with Gasteiger partial charge in [-0.1, -0.05) is 162 Å². The summed E-state index contributed by atoms with van der Waals surface area (Å²) in [4.78, 5) is 0. The van der Waals surface area contributed by atoms with Crippen LogP contribution in [-0.2, 0) is 6.42 Å². The van der Waals surface area contributed by atoms with Crippen LogP contribution in [0.25, 0.3) is 0 Å². The summed E-state index contributed by atoms with van der Waals surface area (Å²) in [5.41, 5.74) is 2.86. The van der Waals surface area contributed by atoms with Gasteiger partial charge in [0.05, 0.1) is 6.61 Å². The van der Waals surface area contributed by atoms with Crippen LogP contribution in [0.15, 0.2) is 91.0 Å². The van der Waals surface area contributed by atoms with Crippen molar-refractivity contribution in [1.82, 2.24) is 0 Å². The van der Waals surface area contributed by atoms with Gasteiger partial charge in [0, 0.05) is 0 Å². The molecule has 0 aliphatic carbocycles. The minimum absolute atomic E-state index is 0.593. The van der Waals surface area contributed by atoms with Crippen molar-refractivity contribution < 1.29 is 4.74 Å². The Bertz CT molecular complexity index is 746. The minimum Gasteiger partial charge on any atom is -0.493 e. The van der Waals surface area contributed by atoms with E-state index in [9.17, 15) is 0 Å². The smallest absolute Gasteiger partial charge is 0.119 e. The average molecular weight is 495 g/mol. The quantitative estimate of drug-likeness (QED) is 0.331. The maximum Gasteiger partial charge on any atom is 0.119 e. The van der Waals surface area contributed by atoms with Crippen molar-refractivity contribution in [3.05, 3.63) is 102 Å². The molecule has 3 rings (SSSR count). The van der Waals surface area contributed by atoms with Crippen molar-refractivity contribution in [2.45, 2.75) is 95.4 Å². The highest BCUT2D eigenvalue weighted by molar-refractivity contribution is 5.21. The molecule has 3 aromatic carbocycles. The normalized spacial score (nSPS) is 8.97. The zero-order chi connectivity index (χ0) is 28.2. The zero-order valence-corrected chi connectivity index (χ0v) is 25.7. The predicted octanol–water partition coefficient (Wildman–Crippen LogP) is 11.5. The van der Waals surface area contributed by atoms with E-state index < -0.39 is 0 Å². The summed E-state index contributed by atoms with van der Waals surface area (Å²) in [5.74, 6) is 2.98. The first kappa shape index (κ1) is 38.0. The molecule has 0 fully saturated rings. The predicted molar refractivity (Wildman–Crippen MR) is 166 cm³/mol. The number of benzene rings is 3. The molecule has 204 valence electrons. The van der Waals surface area contributed by atoms with Crippen LogP contribution in [0.4, 0.5) is 0 Å². The molecular weight excluding hydrogens is 436 g/mol. The van der Waals surface area contributed by atoms with Crippen molar-refractivity contribution in [3.8, 4) is 5.75 Å². The summed E-state index contributed by atoms with van der Waals surface area (Å²) in [6.07, 6.45) is 1.20. The van der Waals surface area contributed by atoms with E-state index in [1.165, 1.54) is 17.5 Å². The maximum atomic E-state index is 5.47. The lowest BCUT2D eigenvalue weighted by Gasteiger charge is -2.07. The van der Waals surface area contributed by atoms with Crippen LogP contribution < -0.4 is 4.74 Å². The van der Waals surface area contributed by atoms with Crippen molar-refractivity contribution in [2.24, 2.45) is 11.8 Å². The molecule has 1 heteroatoms. The lowest BCUT2D eigenvalue weighted by atomic mass is 10.0. The monoisotopic (exact) mass is 494 g/mol. The second-order valence-corrected chi connectivity index (χ2v) is 8.67. The standard InChI is InChI=1S/C10H14O.C10H14.C9H12.3C2H6/c1-9(2)8-11-10-6-4-3-5-7-10;1-9(2)8-10-6-4-3-5-7-10;1-8(2)9-6-4-3-5-7-9;3*1-2/h3-7,9H,8H2,1-2H3;3-7,9H,8H2,1-2H3;3-8H,1-2H3;3*1-2H3. The molecule has 1 nitrogen and oxygen atoms in total. The summed E-state index contributed by atoms with van der Waals surface area (Å²) >= 11 is 0. The third-order valence-corrected chi connectivity index (χ3v) is 4.28. The van der Waals surface area contributed by atoms with Crippen molar-refractivity contribution >= 4 is 0 Å². The molecule has 0 unspecified atom stereocenters. The van der Waals surface area contributed by atoms with Gasteiger partial charge in [-0.15, -0.1) is 0 Å². The topological polar surface area (TPSA) is 9.23 Å². The first-order valence-corrected chi connectivity index (χ1v) is 14.1. The van der Waals surface area contributed by atoms with Crippen LogP contribution in [0.3, 0.4) is 0 Å². The van der Waals surface area contributed by atoms with Gasteiger partial charge >= 0.3 is 0 Å². The lowest BCUT2D eigenvalue weighted by molar-refractivity contribution is 0.271. The summed E-state index contributed by atoms with van der Waals surface area (Å²) in [5, 5.41) is 0. The van der Waals surface area contributed by atoms with Crippen LogP contribution >= 0.6 is 0 Å². The molecule has 0 saturated heterocycles. The number of hydrogen-bond acceptors (Lipinski definition) is 1. The molecule has 0 spiro atoms. The number of para-hydroxylation sites is 1. The Morgan fingerprint density at radius 3 is 1.22 bits per heavy atom. The van der Waals surface area contributed by atoms with E-state index in [2.05, 4.69) is 96.1 Å². The Kier molecular flexibility index (Phi) is 30.3. The van der Waals surface area contributed by atoms with E-state index >= 15 is 0 Å². The van der Waals surface area contributed by atoms with E-state index in [1.54, 1.807) is 0 Å². The number of hydrogen-bond donors (Lipinski definition) is 0. The molecular formula is C35H58O.